The zero-order chi connectivity index (χ0) is 22.3. The summed E-state index contributed by atoms with van der Waals surface area (Å²) in [6.45, 7) is 1.35. The molecule has 0 fully saturated rings. The Kier molecular flexibility index (Phi) is 21.6. The molecule has 0 rings (SSSR count). The first-order valence-electron chi connectivity index (χ1n) is 11.6. The van der Waals surface area contributed by atoms with Gasteiger partial charge < -0.3 is 24.8 Å². The summed E-state index contributed by atoms with van der Waals surface area (Å²) in [5.74, 6) is -0.301. The van der Waals surface area contributed by atoms with Crippen LogP contribution in [-0.4, -0.2) is 59.9 Å². The molecule has 0 aromatic rings. The quantitative estimate of drug-likeness (QED) is 0.145. The molecule has 0 saturated heterocycles. The molecule has 30 heavy (non-hydrogen) atoms. The van der Waals surface area contributed by atoms with Gasteiger partial charge in [-0.2, -0.15) is 0 Å². The van der Waals surface area contributed by atoms with Gasteiger partial charge in [0.1, 0.15) is 18.8 Å². The van der Waals surface area contributed by atoms with E-state index in [0.717, 1.165) is 32.1 Å². The molecule has 0 bridgehead atoms. The Balaban J connectivity index is 3.50. The van der Waals surface area contributed by atoms with Crippen molar-refractivity contribution in [2.45, 2.75) is 96.2 Å². The predicted molar refractivity (Wildman–Crippen MR) is 120 cm³/mol. The first-order chi connectivity index (χ1) is 14.6. The number of aliphatic hydroxyl groups is 3. The summed E-state index contributed by atoms with van der Waals surface area (Å²) in [7, 11) is 0. The first-order valence-corrected chi connectivity index (χ1v) is 11.6. The lowest BCUT2D eigenvalue weighted by Crippen LogP contribution is -2.30. The Morgan fingerprint density at radius 1 is 0.833 bits per heavy atom. The van der Waals surface area contributed by atoms with Crippen molar-refractivity contribution in [3.05, 3.63) is 24.3 Å². The van der Waals surface area contributed by atoms with Crippen molar-refractivity contribution in [3.8, 4) is 0 Å². The molecule has 0 aliphatic heterocycles. The van der Waals surface area contributed by atoms with Crippen molar-refractivity contribution in [2.75, 3.05) is 26.4 Å². The number of carbonyl (C=O) groups is 1. The van der Waals surface area contributed by atoms with E-state index in [2.05, 4.69) is 31.2 Å². The fraction of sp³-hybridized carbons (Fsp3) is 0.792. The van der Waals surface area contributed by atoms with E-state index in [-0.39, 0.29) is 25.8 Å². The topological polar surface area (TPSA) is 96.2 Å². The number of ether oxygens (including phenoxy) is 2. The van der Waals surface area contributed by atoms with Crippen molar-refractivity contribution in [1.29, 1.82) is 0 Å². The number of carbonyl (C=O) groups excluding carboxylic acids is 1. The number of hydrogen-bond donors (Lipinski definition) is 3. The molecule has 2 atom stereocenters. The summed E-state index contributed by atoms with van der Waals surface area (Å²) in [5, 5.41) is 27.1. The molecule has 0 amide bonds. The second-order valence-corrected chi connectivity index (χ2v) is 7.64. The minimum atomic E-state index is -0.998. The Hall–Kier alpha value is -1.21. The Bertz CT molecular complexity index is 435. The highest BCUT2D eigenvalue weighted by atomic mass is 16.6. The molecular weight excluding hydrogens is 384 g/mol. The van der Waals surface area contributed by atoms with Gasteiger partial charge in [-0.15, -0.1) is 0 Å². The van der Waals surface area contributed by atoms with E-state index in [1.54, 1.807) is 0 Å². The van der Waals surface area contributed by atoms with Gasteiger partial charge in [0, 0.05) is 6.42 Å². The largest absolute Gasteiger partial charge is 0.463 e. The molecule has 0 aliphatic rings. The van der Waals surface area contributed by atoms with Crippen molar-refractivity contribution in [1.82, 2.24) is 0 Å². The second-order valence-electron chi connectivity index (χ2n) is 7.64. The van der Waals surface area contributed by atoms with Gasteiger partial charge in [-0.05, 0) is 38.5 Å². The summed E-state index contributed by atoms with van der Waals surface area (Å²) < 4.78 is 10.3. The lowest BCUT2D eigenvalue weighted by molar-refractivity contribution is -0.150. The molecule has 0 heterocycles. The van der Waals surface area contributed by atoms with Crippen molar-refractivity contribution >= 4 is 5.97 Å². The molecule has 0 saturated carbocycles. The second kappa shape index (κ2) is 22.5. The van der Waals surface area contributed by atoms with Crippen molar-refractivity contribution in [2.24, 2.45) is 0 Å². The normalized spacial score (nSPS) is 13.9. The van der Waals surface area contributed by atoms with E-state index >= 15 is 0 Å². The molecule has 0 spiro atoms. The summed E-state index contributed by atoms with van der Waals surface area (Å²) in [4.78, 5) is 11.7. The van der Waals surface area contributed by atoms with Gasteiger partial charge in [0.2, 0.25) is 0 Å². The van der Waals surface area contributed by atoms with Crippen LogP contribution in [0.5, 0.6) is 0 Å². The van der Waals surface area contributed by atoms with Gasteiger partial charge in [-0.1, -0.05) is 63.3 Å². The Labute approximate surface area is 183 Å². The first kappa shape index (κ1) is 28.8. The Morgan fingerprint density at radius 3 is 2.10 bits per heavy atom. The predicted octanol–water partition coefficient (Wildman–Crippen LogP) is 4.07. The van der Waals surface area contributed by atoms with Crippen LogP contribution in [0, 0.1) is 0 Å². The van der Waals surface area contributed by atoms with Gasteiger partial charge in [0.15, 0.2) is 0 Å². The van der Waals surface area contributed by atoms with Crippen LogP contribution in [-0.2, 0) is 14.3 Å². The van der Waals surface area contributed by atoms with Gasteiger partial charge in [0.25, 0.3) is 0 Å². The van der Waals surface area contributed by atoms with Crippen LogP contribution < -0.4 is 0 Å². The third kappa shape index (κ3) is 20.1. The third-order valence-electron chi connectivity index (χ3n) is 4.70. The highest BCUT2D eigenvalue weighted by Crippen LogP contribution is 2.09. The number of hydrogen-bond acceptors (Lipinski definition) is 6. The Morgan fingerprint density at radius 2 is 1.47 bits per heavy atom. The standard InChI is InChI=1S/C24H44O6/c1-2-3-4-5-6-7-8-9-10-11-12-13-14-15-16-17-24(28)30-21-23(19-26)29-20-22(27)18-25/h6-7,9-10,22-23,25-27H,2-5,8,11-21H2,1H3. The SMILES string of the molecule is CCCCCC=CCC=CCCCCCCCC(=O)OCC(CO)OCC(O)CO. The molecule has 0 radical (unpaired) electrons. The fourth-order valence-corrected chi connectivity index (χ4v) is 2.79. The molecular formula is C24H44O6. The summed E-state index contributed by atoms with van der Waals surface area (Å²) in [6.07, 6.45) is 20.2. The number of rotatable bonds is 21. The number of allylic oxidation sites excluding steroid dienone is 4. The maximum atomic E-state index is 11.7. The minimum absolute atomic E-state index is 0.0479. The van der Waals surface area contributed by atoms with Crippen LogP contribution in [0.25, 0.3) is 0 Å². The van der Waals surface area contributed by atoms with Crippen molar-refractivity contribution < 1.29 is 29.6 Å². The van der Waals surface area contributed by atoms with Crippen LogP contribution in [0.4, 0.5) is 0 Å². The monoisotopic (exact) mass is 428 g/mol. The highest BCUT2D eigenvalue weighted by molar-refractivity contribution is 5.69. The molecule has 2 unspecified atom stereocenters. The molecule has 6 heteroatoms. The minimum Gasteiger partial charge on any atom is -0.463 e. The maximum Gasteiger partial charge on any atom is 0.305 e. The molecule has 176 valence electrons. The third-order valence-corrected chi connectivity index (χ3v) is 4.70. The lowest BCUT2D eigenvalue weighted by Gasteiger charge is -2.17. The van der Waals surface area contributed by atoms with Crippen LogP contribution in [0.3, 0.4) is 0 Å². The van der Waals surface area contributed by atoms with E-state index in [0.29, 0.717) is 6.42 Å². The molecule has 0 aliphatic carbocycles. The van der Waals surface area contributed by atoms with E-state index in [9.17, 15) is 15.0 Å². The number of aliphatic hydroxyl groups excluding tert-OH is 3. The van der Waals surface area contributed by atoms with Crippen LogP contribution in [0.1, 0.15) is 84.0 Å². The van der Waals surface area contributed by atoms with E-state index in [1.165, 1.54) is 38.5 Å². The van der Waals surface area contributed by atoms with Crippen LogP contribution in [0.15, 0.2) is 24.3 Å². The van der Waals surface area contributed by atoms with Gasteiger partial charge in [-0.25, -0.2) is 0 Å². The smallest absolute Gasteiger partial charge is 0.305 e. The summed E-state index contributed by atoms with van der Waals surface area (Å²) in [6, 6.07) is 0. The zero-order valence-corrected chi connectivity index (χ0v) is 18.8. The van der Waals surface area contributed by atoms with Crippen LogP contribution in [0.2, 0.25) is 0 Å². The van der Waals surface area contributed by atoms with E-state index in [1.807, 2.05) is 0 Å². The van der Waals surface area contributed by atoms with E-state index < -0.39 is 18.8 Å². The number of unbranched alkanes of at least 4 members (excludes halogenated alkanes) is 8. The van der Waals surface area contributed by atoms with Gasteiger partial charge in [-0.3, -0.25) is 4.79 Å². The highest BCUT2D eigenvalue weighted by Gasteiger charge is 2.13. The zero-order valence-electron chi connectivity index (χ0n) is 18.8. The molecule has 0 aromatic carbocycles. The van der Waals surface area contributed by atoms with Gasteiger partial charge >= 0.3 is 5.97 Å². The molecule has 6 nitrogen and oxygen atoms in total. The summed E-state index contributed by atoms with van der Waals surface area (Å²) >= 11 is 0. The molecule has 3 N–H and O–H groups in total. The van der Waals surface area contributed by atoms with E-state index in [4.69, 9.17) is 14.6 Å². The maximum absolute atomic E-state index is 11.7. The van der Waals surface area contributed by atoms with Crippen molar-refractivity contribution in [3.63, 3.8) is 0 Å². The van der Waals surface area contributed by atoms with Crippen LogP contribution >= 0.6 is 0 Å². The lowest BCUT2D eigenvalue weighted by atomic mass is 10.1. The summed E-state index contributed by atoms with van der Waals surface area (Å²) in [5.41, 5.74) is 0. The van der Waals surface area contributed by atoms with Gasteiger partial charge in [0.05, 0.1) is 19.8 Å². The number of esters is 1. The average Bonchev–Trinajstić information content (AvgIpc) is 2.76. The fourth-order valence-electron chi connectivity index (χ4n) is 2.79. The average molecular weight is 429 g/mol. The molecule has 0 aromatic heterocycles.